The molecule has 5 N–H and O–H groups in total. The lowest BCUT2D eigenvalue weighted by Crippen LogP contribution is -2.59. The van der Waals surface area contributed by atoms with Crippen LogP contribution in [0.25, 0.3) is 0 Å². The van der Waals surface area contributed by atoms with E-state index in [9.17, 15) is 29.4 Å². The van der Waals surface area contributed by atoms with Gasteiger partial charge in [-0.2, -0.15) is 12.6 Å². The summed E-state index contributed by atoms with van der Waals surface area (Å²) < 4.78 is 16.4. The van der Waals surface area contributed by atoms with Crippen molar-refractivity contribution in [1.29, 1.82) is 0 Å². The number of carboxylic acids is 3. The molecule has 1 heterocycles. The number of carbonyl (C=O) groups excluding carboxylic acids is 1. The van der Waals surface area contributed by atoms with Crippen molar-refractivity contribution in [3.05, 3.63) is 0 Å². The zero-order valence-corrected chi connectivity index (χ0v) is 19.7. The number of aliphatic hydroxyl groups excluding tert-OH is 2. The van der Waals surface area contributed by atoms with Gasteiger partial charge in [-0.25, -0.2) is 0 Å². The Kier molecular flexibility index (Phi) is 12.7. The highest BCUT2D eigenvalue weighted by atomic mass is 32.1. The summed E-state index contributed by atoms with van der Waals surface area (Å²) in [4.78, 5) is 47.8. The standard InChI is InChI=1S/C19H32N2O12S/c1-10(2)31-19-18(34)17(16(30)11(9-22)32-19)33-15(29)8-21(7-14(27)28)4-3-20(5-12(23)24)6-13(25)26/h10-11,16-19,22,30,34H,3-9H2,1-2H3,(H,23,24)(H,25,26)(H,27,28)/t11-,16+,17+,18-,19?/m1/s1. The third kappa shape index (κ3) is 10.5. The first-order valence-electron chi connectivity index (χ1n) is 10.4. The molecule has 0 spiro atoms. The summed E-state index contributed by atoms with van der Waals surface area (Å²) in [5, 5.41) is 46.0. The van der Waals surface area contributed by atoms with Crippen molar-refractivity contribution < 1.29 is 58.9 Å². The number of nitrogens with zero attached hydrogens (tertiary/aromatic N) is 2. The molecule has 14 nitrogen and oxygen atoms in total. The zero-order valence-electron chi connectivity index (χ0n) is 18.8. The van der Waals surface area contributed by atoms with Gasteiger partial charge in [0.15, 0.2) is 6.29 Å². The number of carboxylic acid groups (broad SMARTS) is 3. The molecule has 15 heteroatoms. The van der Waals surface area contributed by atoms with E-state index in [1.165, 1.54) is 0 Å². The maximum atomic E-state index is 12.6. The van der Waals surface area contributed by atoms with Crippen molar-refractivity contribution in [3.63, 3.8) is 0 Å². The van der Waals surface area contributed by atoms with Crippen LogP contribution in [-0.4, -0.2) is 141 Å². The minimum absolute atomic E-state index is 0.148. The highest BCUT2D eigenvalue weighted by molar-refractivity contribution is 7.81. The number of esters is 1. The molecule has 0 bridgehead atoms. The molecule has 1 aliphatic rings. The van der Waals surface area contributed by atoms with E-state index < -0.39 is 86.5 Å². The van der Waals surface area contributed by atoms with Gasteiger partial charge < -0.3 is 39.7 Å². The van der Waals surface area contributed by atoms with Crippen molar-refractivity contribution in [2.24, 2.45) is 0 Å². The molecule has 1 aliphatic heterocycles. The summed E-state index contributed by atoms with van der Waals surface area (Å²) in [6.45, 7) is 0.234. The molecule has 0 aromatic rings. The number of hydrogen-bond acceptors (Lipinski definition) is 12. The molecule has 196 valence electrons. The molecule has 1 fully saturated rings. The Hall–Kier alpha value is -2.01. The van der Waals surface area contributed by atoms with Gasteiger partial charge in [-0.15, -0.1) is 0 Å². The van der Waals surface area contributed by atoms with E-state index in [1.54, 1.807) is 13.8 Å². The van der Waals surface area contributed by atoms with E-state index >= 15 is 0 Å². The van der Waals surface area contributed by atoms with Crippen LogP contribution in [0, 0.1) is 0 Å². The summed E-state index contributed by atoms with van der Waals surface area (Å²) >= 11 is 4.32. The lowest BCUT2D eigenvalue weighted by molar-refractivity contribution is -0.264. The topological polar surface area (TPSA) is 204 Å². The minimum atomic E-state index is -1.43. The van der Waals surface area contributed by atoms with Gasteiger partial charge in [0.05, 0.1) is 44.1 Å². The van der Waals surface area contributed by atoms with E-state index in [2.05, 4.69) is 12.6 Å². The first-order chi connectivity index (χ1) is 15.8. The largest absolute Gasteiger partial charge is 0.480 e. The smallest absolute Gasteiger partial charge is 0.320 e. The van der Waals surface area contributed by atoms with Crippen molar-refractivity contribution in [2.75, 3.05) is 45.9 Å². The molecular formula is C19H32N2O12S. The van der Waals surface area contributed by atoms with Gasteiger partial charge in [-0.3, -0.25) is 29.0 Å². The Balaban J connectivity index is 2.85. The summed E-state index contributed by atoms with van der Waals surface area (Å²) in [6.07, 6.45) is -5.08. The van der Waals surface area contributed by atoms with Crippen LogP contribution in [0.15, 0.2) is 0 Å². The highest BCUT2D eigenvalue weighted by Gasteiger charge is 2.46. The Bertz CT molecular complexity index is 693. The Morgan fingerprint density at radius 3 is 1.82 bits per heavy atom. The van der Waals surface area contributed by atoms with Gasteiger partial charge >= 0.3 is 23.9 Å². The maximum absolute atomic E-state index is 12.6. The Morgan fingerprint density at radius 2 is 1.41 bits per heavy atom. The molecule has 0 aliphatic carbocycles. The second-order valence-corrected chi connectivity index (χ2v) is 8.54. The van der Waals surface area contributed by atoms with Crippen LogP contribution in [0.5, 0.6) is 0 Å². The van der Waals surface area contributed by atoms with Crippen molar-refractivity contribution in [3.8, 4) is 0 Å². The number of aliphatic carboxylic acids is 3. The lowest BCUT2D eigenvalue weighted by Gasteiger charge is -2.42. The van der Waals surface area contributed by atoms with E-state index in [-0.39, 0.29) is 19.2 Å². The lowest BCUT2D eigenvalue weighted by atomic mass is 10.0. The molecule has 0 aromatic carbocycles. The van der Waals surface area contributed by atoms with Gasteiger partial charge in [0, 0.05) is 13.1 Å². The predicted molar refractivity (Wildman–Crippen MR) is 116 cm³/mol. The first-order valence-corrected chi connectivity index (χ1v) is 10.9. The van der Waals surface area contributed by atoms with Crippen LogP contribution < -0.4 is 0 Å². The van der Waals surface area contributed by atoms with Crippen molar-refractivity contribution in [1.82, 2.24) is 9.80 Å². The fourth-order valence-electron chi connectivity index (χ4n) is 3.23. The van der Waals surface area contributed by atoms with E-state index in [4.69, 9.17) is 29.5 Å². The average Bonchev–Trinajstić information content (AvgIpc) is 2.69. The third-order valence-electron chi connectivity index (χ3n) is 4.66. The minimum Gasteiger partial charge on any atom is -0.480 e. The van der Waals surface area contributed by atoms with Gasteiger partial charge in [0.25, 0.3) is 0 Å². The summed E-state index contributed by atoms with van der Waals surface area (Å²) in [7, 11) is 0. The molecule has 5 atom stereocenters. The molecule has 1 unspecified atom stereocenters. The number of thiol groups is 1. The van der Waals surface area contributed by atoms with Crippen LogP contribution in [-0.2, 0) is 33.4 Å². The molecule has 34 heavy (non-hydrogen) atoms. The van der Waals surface area contributed by atoms with Gasteiger partial charge in [0.2, 0.25) is 0 Å². The van der Waals surface area contributed by atoms with E-state index in [1.807, 2.05) is 0 Å². The molecular weight excluding hydrogens is 480 g/mol. The zero-order chi connectivity index (χ0) is 26.0. The normalized spacial score (nSPS) is 25.0. The van der Waals surface area contributed by atoms with Gasteiger partial charge in [0.1, 0.15) is 18.3 Å². The van der Waals surface area contributed by atoms with E-state index in [0.717, 1.165) is 9.80 Å². The van der Waals surface area contributed by atoms with Crippen molar-refractivity contribution >= 4 is 36.5 Å². The van der Waals surface area contributed by atoms with Crippen LogP contribution in [0.2, 0.25) is 0 Å². The number of aliphatic hydroxyl groups is 2. The predicted octanol–water partition coefficient (Wildman–Crippen LogP) is -2.44. The second kappa shape index (κ2) is 14.4. The summed E-state index contributed by atoms with van der Waals surface area (Å²) in [5.74, 6) is -4.74. The Labute approximate surface area is 201 Å². The summed E-state index contributed by atoms with van der Waals surface area (Å²) in [6, 6.07) is 0. The number of ether oxygens (including phenoxy) is 3. The average molecular weight is 513 g/mol. The molecule has 0 radical (unpaired) electrons. The van der Waals surface area contributed by atoms with E-state index in [0.29, 0.717) is 0 Å². The quantitative estimate of drug-likeness (QED) is 0.0997. The number of carbonyl (C=O) groups is 4. The molecule has 0 aromatic heterocycles. The molecule has 1 saturated heterocycles. The molecule has 0 saturated carbocycles. The Morgan fingerprint density at radius 1 is 0.941 bits per heavy atom. The van der Waals surface area contributed by atoms with Crippen LogP contribution >= 0.6 is 12.6 Å². The number of rotatable bonds is 15. The summed E-state index contributed by atoms with van der Waals surface area (Å²) in [5.41, 5.74) is 0. The third-order valence-corrected chi connectivity index (χ3v) is 5.19. The molecule has 1 rings (SSSR count). The van der Waals surface area contributed by atoms with Crippen LogP contribution in [0.3, 0.4) is 0 Å². The van der Waals surface area contributed by atoms with Crippen LogP contribution in [0.4, 0.5) is 0 Å². The van der Waals surface area contributed by atoms with Gasteiger partial charge in [-0.05, 0) is 13.8 Å². The first kappa shape index (κ1) is 30.0. The van der Waals surface area contributed by atoms with Crippen LogP contribution in [0.1, 0.15) is 13.8 Å². The SMILES string of the molecule is CC(C)OC1O[C@H](CO)[C@H](O)[C@H](OC(=O)CN(CCN(CC(=O)O)CC(=O)O)CC(=O)O)[C@H]1S. The highest BCUT2D eigenvalue weighted by Crippen LogP contribution is 2.28. The maximum Gasteiger partial charge on any atom is 0.320 e. The fourth-order valence-corrected chi connectivity index (χ4v) is 3.61. The number of hydrogen-bond donors (Lipinski definition) is 6. The fraction of sp³-hybridized carbons (Fsp3) is 0.789. The molecule has 0 amide bonds. The van der Waals surface area contributed by atoms with Crippen molar-refractivity contribution in [2.45, 2.75) is 49.8 Å². The monoisotopic (exact) mass is 512 g/mol. The van der Waals surface area contributed by atoms with Gasteiger partial charge in [-0.1, -0.05) is 0 Å². The second-order valence-electron chi connectivity index (χ2n) is 7.95.